The molecule has 21 heavy (non-hydrogen) atoms. The van der Waals surface area contributed by atoms with Gasteiger partial charge in [0.2, 0.25) is 0 Å². The van der Waals surface area contributed by atoms with E-state index in [9.17, 15) is 10.2 Å². The Morgan fingerprint density at radius 1 is 0.667 bits per heavy atom. The monoisotopic (exact) mass is 278 g/mol. The van der Waals surface area contributed by atoms with Crippen molar-refractivity contribution in [2.24, 2.45) is 0 Å². The Bertz CT molecular complexity index is 789. The molecule has 0 bridgehead atoms. The van der Waals surface area contributed by atoms with E-state index in [1.54, 1.807) is 12.1 Å². The average Bonchev–Trinajstić information content (AvgIpc) is 2.49. The van der Waals surface area contributed by atoms with Crippen LogP contribution >= 0.6 is 0 Å². The molecular weight excluding hydrogens is 260 g/mol. The summed E-state index contributed by atoms with van der Waals surface area (Å²) in [6, 6.07) is 19.7. The van der Waals surface area contributed by atoms with Gasteiger partial charge in [-0.3, -0.25) is 0 Å². The number of phenolic OH excluding ortho intramolecular Hbond substituents is 2. The molecule has 3 rings (SSSR count). The van der Waals surface area contributed by atoms with Gasteiger partial charge < -0.3 is 10.2 Å². The summed E-state index contributed by atoms with van der Waals surface area (Å²) in [4.78, 5) is 0. The lowest BCUT2D eigenvalue weighted by atomic mass is 9.77. The molecule has 0 heterocycles. The summed E-state index contributed by atoms with van der Waals surface area (Å²) in [5, 5.41) is 21.1. The summed E-state index contributed by atoms with van der Waals surface area (Å²) in [6.45, 7) is 4.37. The van der Waals surface area contributed by atoms with Crippen LogP contribution in [0.4, 0.5) is 0 Å². The van der Waals surface area contributed by atoms with E-state index in [2.05, 4.69) is 38.1 Å². The maximum Gasteiger partial charge on any atom is 0.158 e. The molecule has 3 aromatic rings. The molecule has 0 atom stereocenters. The van der Waals surface area contributed by atoms with Gasteiger partial charge in [-0.25, -0.2) is 0 Å². The smallest absolute Gasteiger partial charge is 0.158 e. The van der Waals surface area contributed by atoms with Gasteiger partial charge in [0.15, 0.2) is 11.5 Å². The number of hydrogen-bond donors (Lipinski definition) is 2. The number of aromatic hydroxyl groups is 2. The topological polar surface area (TPSA) is 40.5 Å². The first-order chi connectivity index (χ1) is 9.98. The molecule has 0 aliphatic heterocycles. The fourth-order valence-corrected chi connectivity index (χ4v) is 2.68. The molecule has 106 valence electrons. The molecule has 0 radical (unpaired) electrons. The normalized spacial score (nSPS) is 11.7. The van der Waals surface area contributed by atoms with Crippen molar-refractivity contribution in [1.82, 2.24) is 0 Å². The minimum Gasteiger partial charge on any atom is -0.504 e. The zero-order valence-corrected chi connectivity index (χ0v) is 12.2. The Labute approximate surface area is 124 Å². The van der Waals surface area contributed by atoms with Gasteiger partial charge in [-0.05, 0) is 34.0 Å². The first kappa shape index (κ1) is 13.5. The van der Waals surface area contributed by atoms with Crippen molar-refractivity contribution in [2.45, 2.75) is 19.3 Å². The standard InChI is InChI=1S/C19H18O2/c1-19(2,15-6-4-3-5-7-15)16-9-8-13-11-17(20)18(21)12-14(13)10-16/h3-12,20-21H,1-2H3. The third-order valence-electron chi connectivity index (χ3n) is 4.15. The van der Waals surface area contributed by atoms with Gasteiger partial charge in [-0.2, -0.15) is 0 Å². The van der Waals surface area contributed by atoms with Crippen molar-refractivity contribution < 1.29 is 10.2 Å². The highest BCUT2D eigenvalue weighted by Crippen LogP contribution is 2.36. The zero-order chi connectivity index (χ0) is 15.0. The minimum atomic E-state index is -0.122. The molecule has 0 saturated heterocycles. The van der Waals surface area contributed by atoms with Crippen LogP contribution in [0.2, 0.25) is 0 Å². The van der Waals surface area contributed by atoms with Crippen LogP contribution in [-0.2, 0) is 5.41 Å². The molecule has 0 amide bonds. The molecule has 2 nitrogen and oxygen atoms in total. The third kappa shape index (κ3) is 2.33. The molecule has 2 heteroatoms. The van der Waals surface area contributed by atoms with Crippen LogP contribution in [0.3, 0.4) is 0 Å². The number of benzene rings is 3. The Kier molecular flexibility index (Phi) is 3.09. The molecule has 0 aliphatic carbocycles. The summed E-state index contributed by atoms with van der Waals surface area (Å²) in [6.07, 6.45) is 0. The molecule has 2 N–H and O–H groups in total. The highest BCUT2D eigenvalue weighted by atomic mass is 16.3. The van der Waals surface area contributed by atoms with E-state index in [0.717, 1.165) is 10.8 Å². The molecule has 3 aromatic carbocycles. The van der Waals surface area contributed by atoms with E-state index >= 15 is 0 Å². The lowest BCUT2D eigenvalue weighted by Gasteiger charge is -2.26. The SMILES string of the molecule is CC(C)(c1ccccc1)c1ccc2cc(O)c(O)cc2c1. The van der Waals surface area contributed by atoms with Gasteiger partial charge in [0, 0.05) is 5.41 Å². The van der Waals surface area contributed by atoms with Gasteiger partial charge in [0.1, 0.15) is 0 Å². The summed E-state index contributed by atoms with van der Waals surface area (Å²) in [5.74, 6) is -0.172. The van der Waals surface area contributed by atoms with Crippen LogP contribution in [0.15, 0.2) is 60.7 Å². The summed E-state index contributed by atoms with van der Waals surface area (Å²) in [5.41, 5.74) is 2.29. The maximum atomic E-state index is 9.68. The van der Waals surface area contributed by atoms with Gasteiger partial charge in [0.05, 0.1) is 0 Å². The van der Waals surface area contributed by atoms with Crippen LogP contribution in [0.5, 0.6) is 11.5 Å². The molecule has 0 spiro atoms. The third-order valence-corrected chi connectivity index (χ3v) is 4.15. The van der Waals surface area contributed by atoms with Crippen molar-refractivity contribution in [3.8, 4) is 11.5 Å². The van der Waals surface area contributed by atoms with Crippen LogP contribution < -0.4 is 0 Å². The summed E-state index contributed by atoms with van der Waals surface area (Å²) >= 11 is 0. The Morgan fingerprint density at radius 3 is 1.95 bits per heavy atom. The molecular formula is C19H18O2. The van der Waals surface area contributed by atoms with Gasteiger partial charge in [0.25, 0.3) is 0 Å². The fraction of sp³-hybridized carbons (Fsp3) is 0.158. The van der Waals surface area contributed by atoms with E-state index in [0.29, 0.717) is 0 Å². The maximum absolute atomic E-state index is 9.68. The van der Waals surface area contributed by atoms with Gasteiger partial charge >= 0.3 is 0 Å². The van der Waals surface area contributed by atoms with E-state index < -0.39 is 0 Å². The summed E-state index contributed by atoms with van der Waals surface area (Å²) in [7, 11) is 0. The van der Waals surface area contributed by atoms with Crippen LogP contribution in [0, 0.1) is 0 Å². The number of hydrogen-bond acceptors (Lipinski definition) is 2. The quantitative estimate of drug-likeness (QED) is 0.674. The van der Waals surface area contributed by atoms with Crippen molar-refractivity contribution in [2.75, 3.05) is 0 Å². The van der Waals surface area contributed by atoms with Crippen molar-refractivity contribution in [3.05, 3.63) is 71.8 Å². The van der Waals surface area contributed by atoms with Crippen molar-refractivity contribution in [1.29, 1.82) is 0 Å². The number of phenols is 2. The predicted molar refractivity (Wildman–Crippen MR) is 85.8 cm³/mol. The molecule has 0 saturated carbocycles. The van der Waals surface area contributed by atoms with Crippen LogP contribution in [0.25, 0.3) is 10.8 Å². The Morgan fingerprint density at radius 2 is 1.29 bits per heavy atom. The fourth-order valence-electron chi connectivity index (χ4n) is 2.68. The second-order valence-electron chi connectivity index (χ2n) is 5.89. The zero-order valence-electron chi connectivity index (χ0n) is 12.2. The first-order valence-electron chi connectivity index (χ1n) is 7.00. The lowest BCUT2D eigenvalue weighted by molar-refractivity contribution is 0.405. The average molecular weight is 278 g/mol. The minimum absolute atomic E-state index is 0.0856. The van der Waals surface area contributed by atoms with E-state index in [1.807, 2.05) is 24.3 Å². The number of rotatable bonds is 2. The van der Waals surface area contributed by atoms with Crippen LogP contribution in [0.1, 0.15) is 25.0 Å². The predicted octanol–water partition coefficient (Wildman–Crippen LogP) is 4.58. The second-order valence-corrected chi connectivity index (χ2v) is 5.89. The van der Waals surface area contributed by atoms with Crippen LogP contribution in [-0.4, -0.2) is 10.2 Å². The molecule has 0 aromatic heterocycles. The lowest BCUT2D eigenvalue weighted by Crippen LogP contribution is -2.18. The Hall–Kier alpha value is -2.48. The van der Waals surface area contributed by atoms with E-state index in [1.165, 1.54) is 11.1 Å². The summed E-state index contributed by atoms with van der Waals surface area (Å²) < 4.78 is 0. The molecule has 0 fully saturated rings. The van der Waals surface area contributed by atoms with Gasteiger partial charge in [-0.15, -0.1) is 0 Å². The molecule has 0 unspecified atom stereocenters. The Balaban J connectivity index is 2.15. The highest BCUT2D eigenvalue weighted by molar-refractivity contribution is 5.86. The first-order valence-corrected chi connectivity index (χ1v) is 7.00. The second kappa shape index (κ2) is 4.81. The van der Waals surface area contributed by atoms with Crippen molar-refractivity contribution >= 4 is 10.8 Å². The van der Waals surface area contributed by atoms with E-state index in [-0.39, 0.29) is 16.9 Å². The van der Waals surface area contributed by atoms with Crippen molar-refractivity contribution in [3.63, 3.8) is 0 Å². The highest BCUT2D eigenvalue weighted by Gasteiger charge is 2.23. The number of fused-ring (bicyclic) bond motifs is 1. The van der Waals surface area contributed by atoms with E-state index in [4.69, 9.17) is 0 Å². The van der Waals surface area contributed by atoms with Gasteiger partial charge in [-0.1, -0.05) is 62.4 Å². The largest absolute Gasteiger partial charge is 0.504 e. The molecule has 0 aliphatic rings.